The van der Waals surface area contributed by atoms with Gasteiger partial charge in [-0.3, -0.25) is 4.79 Å². The molecule has 1 aromatic carbocycles. The van der Waals surface area contributed by atoms with Crippen LogP contribution in [0.4, 0.5) is 10.2 Å². The number of nitrogens with one attached hydrogen (secondary N) is 1. The highest BCUT2D eigenvalue weighted by atomic mass is 19.1. The minimum Gasteiger partial charge on any atom is -0.619 e. The summed E-state index contributed by atoms with van der Waals surface area (Å²) >= 11 is 0. The fourth-order valence-corrected chi connectivity index (χ4v) is 3.72. The number of imidazole rings is 1. The predicted molar refractivity (Wildman–Crippen MR) is 124 cm³/mol. The summed E-state index contributed by atoms with van der Waals surface area (Å²) in [6.07, 6.45) is 4.52. The number of hydrogen-bond acceptors (Lipinski definition) is 5. The van der Waals surface area contributed by atoms with Gasteiger partial charge in [0.25, 0.3) is 5.91 Å². The van der Waals surface area contributed by atoms with Crippen molar-refractivity contribution in [1.29, 1.82) is 0 Å². The number of hydrogen-bond donors (Lipinski definition) is 1. The van der Waals surface area contributed by atoms with E-state index in [2.05, 4.69) is 15.4 Å². The second-order valence-electron chi connectivity index (χ2n) is 7.83. The lowest BCUT2D eigenvalue weighted by Crippen LogP contribution is -2.30. The first-order valence-corrected chi connectivity index (χ1v) is 10.5. The average molecular weight is 454 g/mol. The molecule has 4 heterocycles. The topological polar surface area (TPSA) is 99.1 Å². The van der Waals surface area contributed by atoms with Crippen LogP contribution in [0.3, 0.4) is 0 Å². The zero-order valence-electron chi connectivity index (χ0n) is 18.4. The van der Waals surface area contributed by atoms with Gasteiger partial charge in [-0.1, -0.05) is 0 Å². The summed E-state index contributed by atoms with van der Waals surface area (Å²) in [6, 6.07) is 14.9. The summed E-state index contributed by atoms with van der Waals surface area (Å²) in [5, 5.41) is 18.8. The smallest absolute Gasteiger partial charge is 0.257 e. The minimum absolute atomic E-state index is 0.292. The molecular formula is C25H19FN6O2. The number of carbonyl (C=O) groups is 1. The Morgan fingerprint density at radius 1 is 1.06 bits per heavy atom. The molecular weight excluding hydrogens is 435 g/mol. The van der Waals surface area contributed by atoms with Crippen molar-refractivity contribution in [3.05, 3.63) is 101 Å². The molecule has 0 radical (unpaired) electrons. The van der Waals surface area contributed by atoms with Crippen LogP contribution in [0.1, 0.15) is 21.6 Å². The number of amides is 1. The Morgan fingerprint density at radius 3 is 2.71 bits per heavy atom. The number of nitrogens with zero attached hydrogens (tertiary/aromatic N) is 5. The Labute approximate surface area is 193 Å². The number of pyridine rings is 2. The molecule has 4 aromatic heterocycles. The van der Waals surface area contributed by atoms with Crippen LogP contribution in [-0.2, 0) is 0 Å². The van der Waals surface area contributed by atoms with Crippen LogP contribution in [0.5, 0.6) is 0 Å². The van der Waals surface area contributed by atoms with Crippen molar-refractivity contribution in [2.75, 3.05) is 5.32 Å². The van der Waals surface area contributed by atoms with Crippen LogP contribution in [-0.4, -0.2) is 25.5 Å². The molecule has 0 bridgehead atoms. The summed E-state index contributed by atoms with van der Waals surface area (Å²) in [4.78, 5) is 21.7. The van der Waals surface area contributed by atoms with Gasteiger partial charge in [0.05, 0.1) is 11.3 Å². The van der Waals surface area contributed by atoms with Crippen molar-refractivity contribution < 1.29 is 13.9 Å². The molecule has 168 valence electrons. The summed E-state index contributed by atoms with van der Waals surface area (Å²) in [5.41, 5.74) is 4.66. The van der Waals surface area contributed by atoms with Crippen molar-refractivity contribution in [3.8, 4) is 22.5 Å². The number of halogens is 1. The van der Waals surface area contributed by atoms with Gasteiger partial charge in [-0.05, 0) is 55.0 Å². The van der Waals surface area contributed by atoms with Gasteiger partial charge in [0.15, 0.2) is 17.5 Å². The number of aromatic nitrogens is 5. The number of aryl methyl sites for hydroxylation is 2. The van der Waals surface area contributed by atoms with Gasteiger partial charge in [0.1, 0.15) is 17.3 Å². The second kappa shape index (κ2) is 8.36. The van der Waals surface area contributed by atoms with E-state index in [-0.39, 0.29) is 11.7 Å². The van der Waals surface area contributed by atoms with Crippen LogP contribution < -0.4 is 10.0 Å². The molecule has 0 aliphatic rings. The van der Waals surface area contributed by atoms with E-state index >= 15 is 0 Å². The van der Waals surface area contributed by atoms with Crippen molar-refractivity contribution >= 4 is 17.4 Å². The molecule has 0 saturated heterocycles. The Kier molecular flexibility index (Phi) is 5.21. The fourth-order valence-electron chi connectivity index (χ4n) is 3.72. The summed E-state index contributed by atoms with van der Waals surface area (Å²) < 4.78 is 16.3. The predicted octanol–water partition coefficient (Wildman–Crippen LogP) is 4.10. The zero-order chi connectivity index (χ0) is 23.8. The largest absolute Gasteiger partial charge is 0.619 e. The monoisotopic (exact) mass is 454 g/mol. The van der Waals surface area contributed by atoms with Crippen molar-refractivity contribution in [2.45, 2.75) is 13.8 Å². The third kappa shape index (κ3) is 3.83. The molecule has 5 rings (SSSR count). The molecule has 0 aliphatic carbocycles. The number of rotatable bonds is 4. The maximum Gasteiger partial charge on any atom is 0.257 e. The molecule has 0 fully saturated rings. The molecule has 0 atom stereocenters. The lowest BCUT2D eigenvalue weighted by Gasteiger charge is -2.09. The number of anilines is 1. The minimum atomic E-state index is -0.390. The van der Waals surface area contributed by atoms with Gasteiger partial charge in [0.2, 0.25) is 0 Å². The average Bonchev–Trinajstić information content (AvgIpc) is 3.22. The molecule has 0 aliphatic heterocycles. The van der Waals surface area contributed by atoms with Crippen molar-refractivity contribution in [3.63, 3.8) is 0 Å². The van der Waals surface area contributed by atoms with E-state index in [1.54, 1.807) is 61.1 Å². The van der Waals surface area contributed by atoms with Gasteiger partial charge < -0.3 is 10.5 Å². The lowest BCUT2D eigenvalue weighted by molar-refractivity contribution is -0.612. The highest BCUT2D eigenvalue weighted by Crippen LogP contribution is 2.33. The van der Waals surface area contributed by atoms with Gasteiger partial charge in [-0.15, -0.1) is 0 Å². The van der Waals surface area contributed by atoms with E-state index in [1.807, 2.05) is 6.07 Å². The standard InChI is InChI=1S/C25H19FN6O2/c1-15-12-17(5-6-20(15)26)23-24(32-22(30-23)4-3-9-28-32)18-7-10-27-21(14-18)29-25(33)19-8-11-31(34)16(2)13-19/h3-14H,1-2H3,(H,27,29,33). The number of carbonyl (C=O) groups excluding carboxylic acids is 1. The highest BCUT2D eigenvalue weighted by molar-refractivity contribution is 6.04. The third-order valence-electron chi connectivity index (χ3n) is 5.46. The molecule has 0 unspecified atom stereocenters. The highest BCUT2D eigenvalue weighted by Gasteiger charge is 2.19. The number of fused-ring (bicyclic) bond motifs is 1. The van der Waals surface area contributed by atoms with Gasteiger partial charge in [0, 0.05) is 42.6 Å². The van der Waals surface area contributed by atoms with Crippen molar-refractivity contribution in [2.24, 2.45) is 0 Å². The quantitative estimate of drug-likeness (QED) is 0.326. The Balaban J connectivity index is 1.58. The van der Waals surface area contributed by atoms with Crippen LogP contribution in [0.25, 0.3) is 28.2 Å². The molecule has 0 saturated carbocycles. The maximum atomic E-state index is 13.9. The molecule has 0 spiro atoms. The summed E-state index contributed by atoms with van der Waals surface area (Å²) in [6.45, 7) is 3.32. The molecule has 9 heteroatoms. The number of benzene rings is 1. The van der Waals surface area contributed by atoms with Crippen LogP contribution in [0.2, 0.25) is 0 Å². The lowest BCUT2D eigenvalue weighted by atomic mass is 10.0. The second-order valence-corrected chi connectivity index (χ2v) is 7.83. The van der Waals surface area contributed by atoms with Gasteiger partial charge in [-0.25, -0.2) is 18.9 Å². The molecule has 5 aromatic rings. The van der Waals surface area contributed by atoms with Gasteiger partial charge in [-0.2, -0.15) is 9.83 Å². The SMILES string of the molecule is Cc1cc(-c2nc3cccnn3c2-c2ccnc(NC(=O)c3cc[n+]([O-])c(C)c3)c2)ccc1F. The van der Waals surface area contributed by atoms with Crippen molar-refractivity contribution in [1.82, 2.24) is 19.6 Å². The first kappa shape index (κ1) is 21.2. The summed E-state index contributed by atoms with van der Waals surface area (Å²) in [7, 11) is 0. The van der Waals surface area contributed by atoms with Crippen LogP contribution in [0.15, 0.2) is 73.2 Å². The summed E-state index contributed by atoms with van der Waals surface area (Å²) in [5.74, 6) is -0.357. The van der Waals surface area contributed by atoms with Gasteiger partial charge >= 0.3 is 0 Å². The van der Waals surface area contributed by atoms with E-state index in [1.165, 1.54) is 24.4 Å². The first-order chi connectivity index (χ1) is 16.4. The van der Waals surface area contributed by atoms with E-state index in [0.29, 0.717) is 44.4 Å². The van der Waals surface area contributed by atoms with E-state index < -0.39 is 0 Å². The molecule has 34 heavy (non-hydrogen) atoms. The maximum absolute atomic E-state index is 13.9. The van der Waals surface area contributed by atoms with E-state index in [4.69, 9.17) is 4.98 Å². The third-order valence-corrected chi connectivity index (χ3v) is 5.46. The Morgan fingerprint density at radius 2 is 1.91 bits per heavy atom. The molecule has 8 nitrogen and oxygen atoms in total. The Bertz CT molecular complexity index is 1560. The zero-order valence-corrected chi connectivity index (χ0v) is 18.4. The Hall–Kier alpha value is -4.66. The molecule has 1 N–H and O–H groups in total. The first-order valence-electron chi connectivity index (χ1n) is 10.5. The van der Waals surface area contributed by atoms with Crippen LogP contribution in [0, 0.1) is 24.9 Å². The van der Waals surface area contributed by atoms with E-state index in [9.17, 15) is 14.4 Å². The van der Waals surface area contributed by atoms with E-state index in [0.717, 1.165) is 11.1 Å². The molecule has 1 amide bonds. The normalized spacial score (nSPS) is 11.0. The fraction of sp³-hybridized carbons (Fsp3) is 0.0800. The van der Waals surface area contributed by atoms with Crippen LogP contribution >= 0.6 is 0 Å².